The Hall–Kier alpha value is -3.80. The van der Waals surface area contributed by atoms with E-state index in [0.29, 0.717) is 17.0 Å². The van der Waals surface area contributed by atoms with E-state index in [-0.39, 0.29) is 49.7 Å². The first-order valence-electron chi connectivity index (χ1n) is 13.0. The van der Waals surface area contributed by atoms with Crippen LogP contribution in [0.5, 0.6) is 5.75 Å². The van der Waals surface area contributed by atoms with E-state index in [9.17, 15) is 32.7 Å². The molecule has 0 saturated carbocycles. The molecule has 2 aromatic rings. The number of nitrogens with zero attached hydrogens (tertiary/aromatic N) is 2. The first kappa shape index (κ1) is 30.7. The summed E-state index contributed by atoms with van der Waals surface area (Å²) in [6, 6.07) is 12.7. The van der Waals surface area contributed by atoms with Gasteiger partial charge in [0.1, 0.15) is 11.9 Å². The van der Waals surface area contributed by atoms with Gasteiger partial charge in [-0.15, -0.1) is 0 Å². The smallest absolute Gasteiger partial charge is 0.389 e. The number of hydrogen-bond donors (Lipinski definition) is 3. The number of carbonyl (C=O) groups is 3. The molecule has 0 bridgehead atoms. The molecule has 0 fully saturated rings. The molecule has 1 aliphatic rings. The number of aliphatic hydroxyl groups is 1. The Morgan fingerprint density at radius 1 is 1.15 bits per heavy atom. The van der Waals surface area contributed by atoms with Crippen molar-refractivity contribution < 1.29 is 37.4 Å². The largest absolute Gasteiger partial charge is 0.488 e. The van der Waals surface area contributed by atoms with Gasteiger partial charge in [0.25, 0.3) is 0 Å². The minimum absolute atomic E-state index is 0.115. The molecule has 218 valence electrons. The summed E-state index contributed by atoms with van der Waals surface area (Å²) in [5.41, 5.74) is 1.28. The van der Waals surface area contributed by atoms with Gasteiger partial charge in [0.2, 0.25) is 11.8 Å². The fourth-order valence-electron chi connectivity index (χ4n) is 4.30. The van der Waals surface area contributed by atoms with Crippen LogP contribution in [0.2, 0.25) is 0 Å². The molecule has 3 rings (SSSR count). The van der Waals surface area contributed by atoms with E-state index >= 15 is 0 Å². The number of amides is 4. The SMILES string of the molecule is C[C@H]1CN([C@@H](C)CO)C(=O)Cc2cc(NC(=O)CCC(F)(F)F)ccc2O[C@H]1CN(C)C(=O)Nc1ccccc1. The molecule has 3 N–H and O–H groups in total. The van der Waals surface area contributed by atoms with E-state index < -0.39 is 37.1 Å². The topological polar surface area (TPSA) is 111 Å². The van der Waals surface area contributed by atoms with Gasteiger partial charge >= 0.3 is 12.2 Å². The van der Waals surface area contributed by atoms with Gasteiger partial charge in [0.15, 0.2) is 0 Å². The number of ether oxygens (including phenoxy) is 1. The molecular formula is C28H35F3N4O5. The molecule has 2 aromatic carbocycles. The average Bonchev–Trinajstić information content (AvgIpc) is 2.94. The summed E-state index contributed by atoms with van der Waals surface area (Å²) in [6.07, 6.45) is -7.10. The number of benzene rings is 2. The third-order valence-corrected chi connectivity index (χ3v) is 6.66. The Bertz CT molecular complexity index is 1180. The number of aliphatic hydroxyl groups excluding tert-OH is 1. The lowest BCUT2D eigenvalue weighted by atomic mass is 10.0. The number of para-hydroxylation sites is 1. The minimum Gasteiger partial charge on any atom is -0.488 e. The van der Waals surface area contributed by atoms with Crippen LogP contribution in [0.3, 0.4) is 0 Å². The number of urea groups is 1. The molecule has 0 saturated heterocycles. The minimum atomic E-state index is -4.45. The molecule has 0 aromatic heterocycles. The maximum atomic E-state index is 13.3. The van der Waals surface area contributed by atoms with Crippen molar-refractivity contribution in [3.8, 4) is 5.75 Å². The zero-order chi connectivity index (χ0) is 29.4. The van der Waals surface area contributed by atoms with Crippen LogP contribution in [0.25, 0.3) is 0 Å². The van der Waals surface area contributed by atoms with Crippen LogP contribution in [0, 0.1) is 5.92 Å². The predicted molar refractivity (Wildman–Crippen MR) is 144 cm³/mol. The van der Waals surface area contributed by atoms with Gasteiger partial charge < -0.3 is 30.3 Å². The summed E-state index contributed by atoms with van der Waals surface area (Å²) < 4.78 is 43.9. The molecule has 0 radical (unpaired) electrons. The number of alkyl halides is 3. The van der Waals surface area contributed by atoms with E-state index in [1.54, 1.807) is 49.2 Å². The Morgan fingerprint density at radius 3 is 2.50 bits per heavy atom. The lowest BCUT2D eigenvalue weighted by Gasteiger charge is -2.34. The molecule has 1 heterocycles. The first-order chi connectivity index (χ1) is 18.9. The Kier molecular flexibility index (Phi) is 10.4. The summed E-state index contributed by atoms with van der Waals surface area (Å²) in [4.78, 5) is 41.2. The molecule has 12 heteroatoms. The third kappa shape index (κ3) is 8.87. The lowest BCUT2D eigenvalue weighted by Crippen LogP contribution is -2.48. The second-order valence-electron chi connectivity index (χ2n) is 10.1. The number of likely N-dealkylation sites (N-methyl/N-ethyl adjacent to an activating group) is 1. The van der Waals surface area contributed by atoms with Gasteiger partial charge in [-0.25, -0.2) is 4.79 Å². The van der Waals surface area contributed by atoms with E-state index in [0.717, 1.165) is 0 Å². The summed E-state index contributed by atoms with van der Waals surface area (Å²) in [7, 11) is 1.63. The molecule has 3 atom stereocenters. The van der Waals surface area contributed by atoms with Crippen LogP contribution in [-0.2, 0) is 16.0 Å². The van der Waals surface area contributed by atoms with Gasteiger partial charge in [-0.1, -0.05) is 25.1 Å². The molecule has 4 amide bonds. The molecule has 0 unspecified atom stereocenters. The van der Waals surface area contributed by atoms with Gasteiger partial charge in [-0.05, 0) is 37.3 Å². The highest BCUT2D eigenvalue weighted by Gasteiger charge is 2.32. The maximum Gasteiger partial charge on any atom is 0.389 e. The highest BCUT2D eigenvalue weighted by Crippen LogP contribution is 2.30. The number of carbonyl (C=O) groups excluding carboxylic acids is 3. The second-order valence-corrected chi connectivity index (χ2v) is 10.1. The van der Waals surface area contributed by atoms with Crippen LogP contribution in [0.4, 0.5) is 29.3 Å². The van der Waals surface area contributed by atoms with Crippen LogP contribution in [-0.4, -0.2) is 77.8 Å². The molecule has 0 spiro atoms. The summed E-state index contributed by atoms with van der Waals surface area (Å²) in [5, 5.41) is 15.0. The van der Waals surface area contributed by atoms with Crippen LogP contribution in [0.15, 0.2) is 48.5 Å². The molecular weight excluding hydrogens is 529 g/mol. The molecule has 1 aliphatic heterocycles. The highest BCUT2D eigenvalue weighted by atomic mass is 19.4. The first-order valence-corrected chi connectivity index (χ1v) is 13.0. The van der Waals surface area contributed by atoms with Crippen molar-refractivity contribution in [2.24, 2.45) is 5.92 Å². The van der Waals surface area contributed by atoms with E-state index in [1.807, 2.05) is 13.0 Å². The van der Waals surface area contributed by atoms with Crippen molar-refractivity contribution >= 4 is 29.2 Å². The number of nitrogens with one attached hydrogen (secondary N) is 2. The number of fused-ring (bicyclic) bond motifs is 1. The van der Waals surface area contributed by atoms with Gasteiger partial charge in [0.05, 0.1) is 32.0 Å². The number of rotatable bonds is 8. The van der Waals surface area contributed by atoms with E-state index in [1.165, 1.54) is 17.0 Å². The second kappa shape index (κ2) is 13.5. The highest BCUT2D eigenvalue weighted by molar-refractivity contribution is 5.91. The standard InChI is InChI=1S/C28H35F3N4O5/c1-18-15-35(19(2)17-36)26(38)14-20-13-22(32-25(37)11-12-28(29,30)31)9-10-23(20)40-24(18)16-34(3)27(39)33-21-7-5-4-6-8-21/h4-10,13,18-19,24,36H,11-12,14-17H2,1-3H3,(H,32,37)(H,33,39)/t18-,19-,24-/m0/s1. The lowest BCUT2D eigenvalue weighted by molar-refractivity contribution is -0.142. The Labute approximate surface area is 231 Å². The summed E-state index contributed by atoms with van der Waals surface area (Å²) >= 11 is 0. The number of halogens is 3. The van der Waals surface area contributed by atoms with Crippen molar-refractivity contribution in [3.05, 3.63) is 54.1 Å². The monoisotopic (exact) mass is 564 g/mol. The van der Waals surface area contributed by atoms with Crippen LogP contribution >= 0.6 is 0 Å². The van der Waals surface area contributed by atoms with E-state index in [4.69, 9.17) is 4.74 Å². The molecule has 40 heavy (non-hydrogen) atoms. The maximum absolute atomic E-state index is 13.3. The Morgan fingerprint density at radius 2 is 1.85 bits per heavy atom. The fourth-order valence-corrected chi connectivity index (χ4v) is 4.30. The molecule has 0 aliphatic carbocycles. The quantitative estimate of drug-likeness (QED) is 0.443. The Balaban J connectivity index is 1.84. The average molecular weight is 565 g/mol. The van der Waals surface area contributed by atoms with Crippen molar-refractivity contribution in [2.45, 2.75) is 51.4 Å². The van der Waals surface area contributed by atoms with Crippen molar-refractivity contribution in [1.82, 2.24) is 9.80 Å². The van der Waals surface area contributed by atoms with E-state index in [2.05, 4.69) is 10.6 Å². The van der Waals surface area contributed by atoms with Crippen molar-refractivity contribution in [1.29, 1.82) is 0 Å². The van der Waals surface area contributed by atoms with Gasteiger partial charge in [-0.2, -0.15) is 13.2 Å². The number of hydrogen-bond acceptors (Lipinski definition) is 5. The predicted octanol–water partition coefficient (Wildman–Crippen LogP) is 4.28. The third-order valence-electron chi connectivity index (χ3n) is 6.66. The molecule has 9 nitrogen and oxygen atoms in total. The van der Waals surface area contributed by atoms with Gasteiger partial charge in [-0.3, -0.25) is 9.59 Å². The zero-order valence-corrected chi connectivity index (χ0v) is 22.7. The summed E-state index contributed by atoms with van der Waals surface area (Å²) in [5.74, 6) is -0.984. The summed E-state index contributed by atoms with van der Waals surface area (Å²) in [6.45, 7) is 3.78. The normalized spacial score (nSPS) is 18.4. The fraction of sp³-hybridized carbons (Fsp3) is 0.464. The van der Waals surface area contributed by atoms with Crippen molar-refractivity contribution in [2.75, 3.05) is 37.4 Å². The number of anilines is 2. The zero-order valence-electron chi connectivity index (χ0n) is 22.7. The van der Waals surface area contributed by atoms with Crippen LogP contribution < -0.4 is 15.4 Å². The van der Waals surface area contributed by atoms with Crippen molar-refractivity contribution in [3.63, 3.8) is 0 Å². The van der Waals surface area contributed by atoms with Crippen LogP contribution in [0.1, 0.15) is 32.3 Å². The van der Waals surface area contributed by atoms with Gasteiger partial charge in [0, 0.05) is 42.9 Å².